The third-order valence-electron chi connectivity index (χ3n) is 2.22. The Kier molecular flexibility index (Phi) is 5.23. The number of alkyl carbamates (subject to hydrolysis) is 1. The van der Waals surface area contributed by atoms with Crippen molar-refractivity contribution in [3.05, 3.63) is 48.0 Å². The number of amides is 1. The molecule has 0 fully saturated rings. The van der Waals surface area contributed by atoms with Gasteiger partial charge in [0.25, 0.3) is 0 Å². The van der Waals surface area contributed by atoms with Gasteiger partial charge in [-0.2, -0.15) is 0 Å². The molecule has 0 unspecified atom stereocenters. The highest BCUT2D eigenvalue weighted by atomic mass is 16.5. The molecule has 0 saturated carbocycles. The van der Waals surface area contributed by atoms with Crippen molar-refractivity contribution in [2.75, 3.05) is 6.54 Å². The van der Waals surface area contributed by atoms with Crippen LogP contribution in [0.2, 0.25) is 0 Å². The number of hydrogen-bond acceptors (Lipinski definition) is 3. The highest BCUT2D eigenvalue weighted by Gasteiger charge is 2.07. The largest absolute Gasteiger partial charge is 0.445 e. The SMILES string of the molecule is C=C(C)[C@@H](O)CNC(=O)OCc1ccccc1. The van der Waals surface area contributed by atoms with E-state index in [0.717, 1.165) is 5.56 Å². The molecule has 4 nitrogen and oxygen atoms in total. The maximum absolute atomic E-state index is 11.3. The smallest absolute Gasteiger partial charge is 0.407 e. The first-order valence-corrected chi connectivity index (χ1v) is 5.37. The van der Waals surface area contributed by atoms with Gasteiger partial charge >= 0.3 is 6.09 Å². The number of hydrogen-bond donors (Lipinski definition) is 2. The van der Waals surface area contributed by atoms with Crippen molar-refractivity contribution in [2.24, 2.45) is 0 Å². The van der Waals surface area contributed by atoms with E-state index >= 15 is 0 Å². The van der Waals surface area contributed by atoms with Crippen molar-refractivity contribution in [3.63, 3.8) is 0 Å². The number of carbonyl (C=O) groups excluding carboxylic acids is 1. The monoisotopic (exact) mass is 235 g/mol. The molecule has 4 heteroatoms. The van der Waals surface area contributed by atoms with Gasteiger partial charge in [-0.3, -0.25) is 0 Å². The van der Waals surface area contributed by atoms with Gasteiger partial charge in [0.2, 0.25) is 0 Å². The summed E-state index contributed by atoms with van der Waals surface area (Å²) >= 11 is 0. The lowest BCUT2D eigenvalue weighted by molar-refractivity contribution is 0.131. The van der Waals surface area contributed by atoms with Gasteiger partial charge in [-0.25, -0.2) is 4.79 Å². The Morgan fingerprint density at radius 1 is 1.47 bits per heavy atom. The molecule has 1 aromatic carbocycles. The lowest BCUT2D eigenvalue weighted by Gasteiger charge is -2.11. The Bertz CT molecular complexity index is 376. The van der Waals surface area contributed by atoms with Crippen molar-refractivity contribution < 1.29 is 14.6 Å². The molecule has 0 bridgehead atoms. The van der Waals surface area contributed by atoms with Crippen LogP contribution in [0.1, 0.15) is 12.5 Å². The zero-order valence-corrected chi connectivity index (χ0v) is 9.85. The Hall–Kier alpha value is -1.81. The molecular formula is C13H17NO3. The Balaban J connectivity index is 2.24. The maximum Gasteiger partial charge on any atom is 0.407 e. The Labute approximate surface area is 101 Å². The van der Waals surface area contributed by atoms with E-state index < -0.39 is 12.2 Å². The average Bonchev–Trinajstić information content (AvgIpc) is 2.34. The molecule has 0 aliphatic rings. The second kappa shape index (κ2) is 6.70. The van der Waals surface area contributed by atoms with Crippen LogP contribution in [-0.4, -0.2) is 23.8 Å². The predicted molar refractivity (Wildman–Crippen MR) is 65.5 cm³/mol. The van der Waals surface area contributed by atoms with Crippen LogP contribution in [0.25, 0.3) is 0 Å². The van der Waals surface area contributed by atoms with Crippen LogP contribution < -0.4 is 5.32 Å². The van der Waals surface area contributed by atoms with Gasteiger partial charge in [0.1, 0.15) is 6.61 Å². The molecule has 2 N–H and O–H groups in total. The van der Waals surface area contributed by atoms with Crippen LogP contribution >= 0.6 is 0 Å². The second-order valence-corrected chi connectivity index (χ2v) is 3.80. The highest BCUT2D eigenvalue weighted by molar-refractivity contribution is 5.67. The van der Waals surface area contributed by atoms with E-state index in [1.165, 1.54) is 0 Å². The zero-order chi connectivity index (χ0) is 12.7. The summed E-state index contributed by atoms with van der Waals surface area (Å²) in [5.41, 5.74) is 1.52. The van der Waals surface area contributed by atoms with Crippen molar-refractivity contribution >= 4 is 6.09 Å². The van der Waals surface area contributed by atoms with E-state index in [1.807, 2.05) is 30.3 Å². The van der Waals surface area contributed by atoms with Crippen LogP contribution in [0.4, 0.5) is 4.79 Å². The van der Waals surface area contributed by atoms with Crippen molar-refractivity contribution in [3.8, 4) is 0 Å². The molecule has 0 spiro atoms. The minimum atomic E-state index is -0.737. The minimum absolute atomic E-state index is 0.114. The first kappa shape index (κ1) is 13.3. The third-order valence-corrected chi connectivity index (χ3v) is 2.22. The highest BCUT2D eigenvalue weighted by Crippen LogP contribution is 2.01. The number of benzene rings is 1. The summed E-state index contributed by atoms with van der Waals surface area (Å²) in [6.45, 7) is 5.61. The van der Waals surface area contributed by atoms with Crippen molar-refractivity contribution in [1.29, 1.82) is 0 Å². The first-order valence-electron chi connectivity index (χ1n) is 5.37. The normalized spacial score (nSPS) is 11.6. The molecule has 1 rings (SSSR count). The molecule has 0 saturated heterocycles. The molecular weight excluding hydrogens is 218 g/mol. The fourth-order valence-electron chi connectivity index (χ4n) is 1.13. The first-order chi connectivity index (χ1) is 8.09. The fraction of sp³-hybridized carbons (Fsp3) is 0.308. The Morgan fingerprint density at radius 2 is 2.12 bits per heavy atom. The molecule has 0 heterocycles. The molecule has 0 aliphatic heterocycles. The summed E-state index contributed by atoms with van der Waals surface area (Å²) in [6, 6.07) is 9.39. The number of aliphatic hydroxyl groups excluding tert-OH is 1. The van der Waals surface area contributed by atoms with Crippen LogP contribution in [-0.2, 0) is 11.3 Å². The Morgan fingerprint density at radius 3 is 2.71 bits per heavy atom. The third kappa shape index (κ3) is 5.17. The number of nitrogens with one attached hydrogen (secondary N) is 1. The maximum atomic E-state index is 11.3. The van der Waals surface area contributed by atoms with Crippen molar-refractivity contribution in [2.45, 2.75) is 19.6 Å². The standard InChI is InChI=1S/C13H17NO3/c1-10(2)12(15)8-14-13(16)17-9-11-6-4-3-5-7-11/h3-7,12,15H,1,8-9H2,2H3,(H,14,16)/t12-/m0/s1. The topological polar surface area (TPSA) is 58.6 Å². The van der Waals surface area contributed by atoms with E-state index in [9.17, 15) is 9.90 Å². The van der Waals surface area contributed by atoms with E-state index in [4.69, 9.17) is 4.74 Å². The summed E-state index contributed by atoms with van der Waals surface area (Å²) in [7, 11) is 0. The van der Waals surface area contributed by atoms with E-state index in [-0.39, 0.29) is 13.2 Å². The van der Waals surface area contributed by atoms with Gasteiger partial charge in [-0.1, -0.05) is 42.5 Å². The summed E-state index contributed by atoms with van der Waals surface area (Å²) < 4.78 is 4.97. The molecule has 0 aromatic heterocycles. The number of aliphatic hydroxyl groups is 1. The van der Waals surface area contributed by atoms with Crippen LogP contribution in [0, 0.1) is 0 Å². The fourth-order valence-corrected chi connectivity index (χ4v) is 1.13. The lowest BCUT2D eigenvalue weighted by atomic mass is 10.2. The summed E-state index contributed by atoms with van der Waals surface area (Å²) in [4.78, 5) is 11.3. The van der Waals surface area contributed by atoms with Gasteiger partial charge in [-0.05, 0) is 12.5 Å². The zero-order valence-electron chi connectivity index (χ0n) is 9.85. The number of ether oxygens (including phenoxy) is 1. The van der Waals surface area contributed by atoms with Crippen LogP contribution in [0.15, 0.2) is 42.5 Å². The van der Waals surface area contributed by atoms with E-state index in [1.54, 1.807) is 6.92 Å². The van der Waals surface area contributed by atoms with Gasteiger partial charge in [-0.15, -0.1) is 0 Å². The molecule has 17 heavy (non-hydrogen) atoms. The van der Waals surface area contributed by atoms with E-state index in [0.29, 0.717) is 5.57 Å². The minimum Gasteiger partial charge on any atom is -0.445 e. The molecule has 0 radical (unpaired) electrons. The molecule has 1 atom stereocenters. The molecule has 92 valence electrons. The summed E-state index contributed by atoms with van der Waals surface area (Å²) in [5.74, 6) is 0. The average molecular weight is 235 g/mol. The van der Waals surface area contributed by atoms with Gasteiger partial charge in [0.15, 0.2) is 0 Å². The van der Waals surface area contributed by atoms with E-state index in [2.05, 4.69) is 11.9 Å². The van der Waals surface area contributed by atoms with Gasteiger partial charge < -0.3 is 15.2 Å². The van der Waals surface area contributed by atoms with Crippen LogP contribution in [0.5, 0.6) is 0 Å². The molecule has 1 aromatic rings. The van der Waals surface area contributed by atoms with Crippen LogP contribution in [0.3, 0.4) is 0 Å². The lowest BCUT2D eigenvalue weighted by Crippen LogP contribution is -2.32. The quantitative estimate of drug-likeness (QED) is 0.766. The number of carbonyl (C=O) groups is 1. The summed E-state index contributed by atoms with van der Waals surface area (Å²) in [6.07, 6.45) is -1.28. The number of rotatable bonds is 5. The molecule has 1 amide bonds. The van der Waals surface area contributed by atoms with Gasteiger partial charge in [0, 0.05) is 0 Å². The van der Waals surface area contributed by atoms with Crippen molar-refractivity contribution in [1.82, 2.24) is 5.32 Å². The predicted octanol–water partition coefficient (Wildman–Crippen LogP) is 1.85. The molecule has 0 aliphatic carbocycles. The summed E-state index contributed by atoms with van der Waals surface area (Å²) in [5, 5.41) is 11.9. The second-order valence-electron chi connectivity index (χ2n) is 3.80. The van der Waals surface area contributed by atoms with Gasteiger partial charge in [0.05, 0.1) is 12.6 Å².